The third-order valence-electron chi connectivity index (χ3n) is 5.15. The molecular weight excluding hydrogens is 380 g/mol. The molecule has 0 spiro atoms. The van der Waals surface area contributed by atoms with Gasteiger partial charge in [-0.05, 0) is 47.5 Å². The summed E-state index contributed by atoms with van der Waals surface area (Å²) < 4.78 is 15.4. The lowest BCUT2D eigenvalue weighted by Gasteiger charge is -2.26. The molecule has 0 amide bonds. The third kappa shape index (κ3) is 4.35. The van der Waals surface area contributed by atoms with Gasteiger partial charge in [0.25, 0.3) is 0 Å². The van der Waals surface area contributed by atoms with Gasteiger partial charge in [-0.2, -0.15) is 0 Å². The Kier molecular flexibility index (Phi) is 6.21. The van der Waals surface area contributed by atoms with Crippen LogP contribution in [0.5, 0.6) is 11.5 Å². The van der Waals surface area contributed by atoms with Gasteiger partial charge in [0.05, 0.1) is 25.3 Å². The fourth-order valence-corrected chi connectivity index (χ4v) is 3.23. The van der Waals surface area contributed by atoms with Crippen molar-refractivity contribution in [1.29, 1.82) is 0 Å². The van der Waals surface area contributed by atoms with E-state index in [1.54, 1.807) is 31.4 Å². The van der Waals surface area contributed by atoms with Crippen molar-refractivity contribution in [3.8, 4) is 11.5 Å². The first kappa shape index (κ1) is 21.1. The van der Waals surface area contributed by atoms with E-state index in [1.807, 2.05) is 36.4 Å². The molecule has 0 aliphatic rings. The van der Waals surface area contributed by atoms with E-state index in [0.717, 1.165) is 16.9 Å². The van der Waals surface area contributed by atoms with Crippen molar-refractivity contribution in [2.45, 2.75) is 19.3 Å². The topological polar surface area (TPSA) is 61.8 Å². The Balaban J connectivity index is 1.79. The van der Waals surface area contributed by atoms with Gasteiger partial charge in [-0.1, -0.05) is 50.2 Å². The van der Waals surface area contributed by atoms with Crippen LogP contribution in [0.2, 0.25) is 0 Å². The normalized spacial score (nSPS) is 10.9. The van der Waals surface area contributed by atoms with Gasteiger partial charge in [-0.25, -0.2) is 9.59 Å². The maximum atomic E-state index is 12.6. The Morgan fingerprint density at radius 2 is 1.13 bits per heavy atom. The lowest BCUT2D eigenvalue weighted by atomic mass is 9.78. The van der Waals surface area contributed by atoms with Crippen LogP contribution in [-0.2, 0) is 10.2 Å². The third-order valence-corrected chi connectivity index (χ3v) is 5.15. The summed E-state index contributed by atoms with van der Waals surface area (Å²) in [5, 5.41) is 0. The van der Waals surface area contributed by atoms with Crippen LogP contribution >= 0.6 is 0 Å². The van der Waals surface area contributed by atoms with Crippen LogP contribution in [0, 0.1) is 0 Å². The van der Waals surface area contributed by atoms with Crippen LogP contribution in [0.25, 0.3) is 0 Å². The van der Waals surface area contributed by atoms with E-state index in [2.05, 4.69) is 13.8 Å². The van der Waals surface area contributed by atoms with E-state index < -0.39 is 11.9 Å². The molecule has 5 heteroatoms. The number of ether oxygens (including phenoxy) is 3. The number of carbonyl (C=O) groups is 2. The number of benzene rings is 3. The molecule has 0 bridgehead atoms. The van der Waals surface area contributed by atoms with E-state index in [-0.39, 0.29) is 16.5 Å². The Morgan fingerprint density at radius 1 is 0.667 bits per heavy atom. The molecule has 3 aromatic carbocycles. The van der Waals surface area contributed by atoms with Crippen molar-refractivity contribution >= 4 is 11.9 Å². The van der Waals surface area contributed by atoms with Crippen molar-refractivity contribution in [2.75, 3.05) is 14.2 Å². The van der Waals surface area contributed by atoms with Gasteiger partial charge in [-0.3, -0.25) is 0 Å². The van der Waals surface area contributed by atoms with Crippen LogP contribution in [0.4, 0.5) is 0 Å². The standard InChI is InChI=1S/C25H24O5/c1-25(2,17-9-13-19(28-3)14-10-17)18-11-15-20(16-12-18)30-24(27)22-8-6-5-7-21(22)23(26)29-4/h5-16H,1-4H3. The Hall–Kier alpha value is -3.60. The largest absolute Gasteiger partial charge is 0.497 e. The summed E-state index contributed by atoms with van der Waals surface area (Å²) in [6.07, 6.45) is 0. The molecule has 0 fully saturated rings. The summed E-state index contributed by atoms with van der Waals surface area (Å²) in [7, 11) is 2.91. The fraction of sp³-hybridized carbons (Fsp3) is 0.200. The minimum Gasteiger partial charge on any atom is -0.497 e. The van der Waals surface area contributed by atoms with Gasteiger partial charge in [0.1, 0.15) is 11.5 Å². The lowest BCUT2D eigenvalue weighted by molar-refractivity contribution is 0.0587. The molecule has 0 saturated carbocycles. The Labute approximate surface area is 176 Å². The second-order valence-corrected chi connectivity index (χ2v) is 7.30. The van der Waals surface area contributed by atoms with Gasteiger partial charge in [0, 0.05) is 5.41 Å². The lowest BCUT2D eigenvalue weighted by Crippen LogP contribution is -2.19. The average molecular weight is 404 g/mol. The molecule has 0 N–H and O–H groups in total. The Bertz CT molecular complexity index is 1030. The highest BCUT2D eigenvalue weighted by molar-refractivity contribution is 6.03. The van der Waals surface area contributed by atoms with Crippen LogP contribution in [0.1, 0.15) is 45.7 Å². The summed E-state index contributed by atoms with van der Waals surface area (Å²) in [5.41, 5.74) is 2.29. The smallest absolute Gasteiger partial charge is 0.344 e. The molecular formula is C25H24O5. The predicted octanol–water partition coefficient (Wildman–Crippen LogP) is 5.03. The number of methoxy groups -OCH3 is 2. The number of hydrogen-bond donors (Lipinski definition) is 0. The van der Waals surface area contributed by atoms with Crippen molar-refractivity contribution in [1.82, 2.24) is 0 Å². The van der Waals surface area contributed by atoms with Gasteiger partial charge >= 0.3 is 11.9 Å². The highest BCUT2D eigenvalue weighted by atomic mass is 16.5. The number of hydrogen-bond acceptors (Lipinski definition) is 5. The van der Waals surface area contributed by atoms with E-state index in [1.165, 1.54) is 19.2 Å². The van der Waals surface area contributed by atoms with E-state index in [4.69, 9.17) is 14.2 Å². The Morgan fingerprint density at radius 3 is 1.60 bits per heavy atom. The molecule has 0 atom stereocenters. The number of rotatable bonds is 6. The second kappa shape index (κ2) is 8.82. The van der Waals surface area contributed by atoms with Gasteiger partial charge in [0.2, 0.25) is 0 Å². The van der Waals surface area contributed by atoms with E-state index >= 15 is 0 Å². The zero-order chi connectivity index (χ0) is 21.7. The van der Waals surface area contributed by atoms with Crippen molar-refractivity contribution in [3.05, 3.63) is 95.1 Å². The molecule has 0 heterocycles. The first-order valence-corrected chi connectivity index (χ1v) is 9.51. The zero-order valence-corrected chi connectivity index (χ0v) is 17.5. The summed E-state index contributed by atoms with van der Waals surface area (Å²) in [5.74, 6) is 0.00954. The molecule has 3 rings (SSSR count). The minimum atomic E-state index is -0.613. The SMILES string of the molecule is COC(=O)c1ccccc1C(=O)Oc1ccc(C(C)(C)c2ccc(OC)cc2)cc1. The van der Waals surface area contributed by atoms with Gasteiger partial charge in [0.15, 0.2) is 0 Å². The van der Waals surface area contributed by atoms with Crippen molar-refractivity contribution in [3.63, 3.8) is 0 Å². The van der Waals surface area contributed by atoms with Gasteiger partial charge < -0.3 is 14.2 Å². The van der Waals surface area contributed by atoms with E-state index in [9.17, 15) is 9.59 Å². The van der Waals surface area contributed by atoms with Crippen LogP contribution in [0.15, 0.2) is 72.8 Å². The number of esters is 2. The van der Waals surface area contributed by atoms with Crippen LogP contribution < -0.4 is 9.47 Å². The quantitative estimate of drug-likeness (QED) is 0.426. The summed E-state index contributed by atoms with van der Waals surface area (Å²) in [6, 6.07) is 21.7. The molecule has 0 saturated heterocycles. The molecule has 0 radical (unpaired) electrons. The molecule has 154 valence electrons. The molecule has 0 unspecified atom stereocenters. The zero-order valence-electron chi connectivity index (χ0n) is 17.5. The monoisotopic (exact) mass is 404 g/mol. The molecule has 0 aliphatic carbocycles. The van der Waals surface area contributed by atoms with Crippen molar-refractivity contribution in [2.24, 2.45) is 0 Å². The van der Waals surface area contributed by atoms with Crippen molar-refractivity contribution < 1.29 is 23.8 Å². The molecule has 3 aromatic rings. The molecule has 0 aromatic heterocycles. The number of carbonyl (C=O) groups excluding carboxylic acids is 2. The van der Waals surface area contributed by atoms with Crippen LogP contribution in [-0.4, -0.2) is 26.2 Å². The minimum absolute atomic E-state index is 0.159. The summed E-state index contributed by atoms with van der Waals surface area (Å²) >= 11 is 0. The molecule has 30 heavy (non-hydrogen) atoms. The highest BCUT2D eigenvalue weighted by Gasteiger charge is 2.24. The summed E-state index contributed by atoms with van der Waals surface area (Å²) in [6.45, 7) is 4.25. The first-order chi connectivity index (χ1) is 14.4. The highest BCUT2D eigenvalue weighted by Crippen LogP contribution is 2.33. The molecule has 0 aliphatic heterocycles. The van der Waals surface area contributed by atoms with E-state index in [0.29, 0.717) is 5.75 Å². The summed E-state index contributed by atoms with van der Waals surface area (Å²) in [4.78, 5) is 24.5. The van der Waals surface area contributed by atoms with Crippen LogP contribution in [0.3, 0.4) is 0 Å². The maximum Gasteiger partial charge on any atom is 0.344 e. The average Bonchev–Trinajstić information content (AvgIpc) is 2.79. The first-order valence-electron chi connectivity index (χ1n) is 9.51. The maximum absolute atomic E-state index is 12.6. The fourth-order valence-electron chi connectivity index (χ4n) is 3.23. The molecule has 5 nitrogen and oxygen atoms in total. The van der Waals surface area contributed by atoms with Gasteiger partial charge in [-0.15, -0.1) is 0 Å². The second-order valence-electron chi connectivity index (χ2n) is 7.30. The predicted molar refractivity (Wildman–Crippen MR) is 114 cm³/mol.